The molecule has 10 rings (SSSR count). The van der Waals surface area contributed by atoms with Gasteiger partial charge in [-0.1, -0.05) is 117 Å². The Balaban J connectivity index is 1.16. The van der Waals surface area contributed by atoms with Crippen LogP contribution in [0.1, 0.15) is 25.0 Å². The highest BCUT2D eigenvalue weighted by molar-refractivity contribution is 6.28. The molecule has 0 aliphatic carbocycles. The lowest BCUT2D eigenvalue weighted by Crippen LogP contribution is -2.30. The number of aromatic nitrogens is 1. The topological polar surface area (TPSA) is 29.3 Å². The first-order chi connectivity index (χ1) is 24.1. The van der Waals surface area contributed by atoms with E-state index in [9.17, 15) is 0 Å². The molecule has 3 heteroatoms. The molecule has 232 valence electrons. The van der Waals surface area contributed by atoms with Gasteiger partial charge in [0.2, 0.25) is 0 Å². The van der Waals surface area contributed by atoms with Crippen molar-refractivity contribution in [3.8, 4) is 22.4 Å². The maximum absolute atomic E-state index is 6.38. The van der Waals surface area contributed by atoms with Crippen LogP contribution in [0.15, 0.2) is 162 Å². The summed E-state index contributed by atoms with van der Waals surface area (Å²) in [6, 6.07) is 56.4. The zero-order valence-electron chi connectivity index (χ0n) is 27.3. The van der Waals surface area contributed by atoms with Gasteiger partial charge >= 0.3 is 0 Å². The number of nitrogens with zero attached hydrogens (tertiary/aromatic N) is 2. The standard InChI is InChI=1S/C46H32N2O/c1-46(2)36-15-7-9-17-39(36)48(40-18-10-8-16-37(40)46)32-23-20-29(21-24-32)31-22-26-38-35(28-31)43-34(45(47-38)30-12-4-3-5-13-30)25-27-42-44(43)33-14-6-11-19-41(33)49-42/h3-28H,1-2H3. The number of para-hydroxylation sites is 3. The molecule has 7 aromatic carbocycles. The smallest absolute Gasteiger partial charge is 0.136 e. The van der Waals surface area contributed by atoms with Gasteiger partial charge < -0.3 is 9.32 Å². The third-order valence-electron chi connectivity index (χ3n) is 10.4. The number of pyridine rings is 1. The van der Waals surface area contributed by atoms with Crippen LogP contribution in [-0.2, 0) is 5.41 Å². The summed E-state index contributed by atoms with van der Waals surface area (Å²) in [4.78, 5) is 7.68. The third kappa shape index (κ3) is 4.12. The Kier molecular flexibility index (Phi) is 5.92. The van der Waals surface area contributed by atoms with Crippen LogP contribution >= 0.6 is 0 Å². The van der Waals surface area contributed by atoms with Gasteiger partial charge in [0.05, 0.1) is 22.6 Å². The molecule has 0 atom stereocenters. The maximum Gasteiger partial charge on any atom is 0.136 e. The van der Waals surface area contributed by atoms with Gasteiger partial charge in [-0.15, -0.1) is 0 Å². The Morgan fingerprint density at radius 1 is 0.490 bits per heavy atom. The third-order valence-corrected chi connectivity index (χ3v) is 10.4. The van der Waals surface area contributed by atoms with Crippen molar-refractivity contribution in [2.24, 2.45) is 0 Å². The summed E-state index contributed by atoms with van der Waals surface area (Å²) < 4.78 is 6.38. The van der Waals surface area contributed by atoms with E-state index in [2.05, 4.69) is 170 Å². The van der Waals surface area contributed by atoms with E-state index < -0.39 is 0 Å². The largest absolute Gasteiger partial charge is 0.456 e. The highest BCUT2D eigenvalue weighted by atomic mass is 16.3. The fourth-order valence-electron chi connectivity index (χ4n) is 8.05. The summed E-state index contributed by atoms with van der Waals surface area (Å²) in [5.74, 6) is 0. The van der Waals surface area contributed by atoms with Gasteiger partial charge in [0.25, 0.3) is 0 Å². The summed E-state index contributed by atoms with van der Waals surface area (Å²) in [5, 5.41) is 5.67. The number of rotatable bonds is 3. The lowest BCUT2D eigenvalue weighted by Gasteiger charge is -2.42. The summed E-state index contributed by atoms with van der Waals surface area (Å²) in [5.41, 5.74) is 13.3. The minimum atomic E-state index is -0.0857. The number of benzene rings is 7. The van der Waals surface area contributed by atoms with Gasteiger partial charge in [0, 0.05) is 43.6 Å². The van der Waals surface area contributed by atoms with Gasteiger partial charge in [0.15, 0.2) is 0 Å². The van der Waals surface area contributed by atoms with Crippen molar-refractivity contribution in [1.29, 1.82) is 0 Å². The first-order valence-corrected chi connectivity index (χ1v) is 16.9. The SMILES string of the molecule is CC1(C)c2ccccc2N(c2ccc(-c3ccc4nc(-c5ccccc5)c5ccc6oc7ccccc7c6c5c4c3)cc2)c2ccccc21. The van der Waals surface area contributed by atoms with Crippen molar-refractivity contribution in [2.45, 2.75) is 19.3 Å². The lowest BCUT2D eigenvalue weighted by molar-refractivity contribution is 0.632. The van der Waals surface area contributed by atoms with Crippen molar-refractivity contribution in [3.05, 3.63) is 169 Å². The summed E-state index contributed by atoms with van der Waals surface area (Å²) >= 11 is 0. The van der Waals surface area contributed by atoms with Crippen LogP contribution in [0, 0.1) is 0 Å². The average Bonchev–Trinajstić information content (AvgIpc) is 3.54. The molecule has 0 radical (unpaired) electrons. The second-order valence-corrected chi connectivity index (χ2v) is 13.6. The predicted octanol–water partition coefficient (Wildman–Crippen LogP) is 12.7. The number of hydrogen-bond acceptors (Lipinski definition) is 3. The van der Waals surface area contributed by atoms with Gasteiger partial charge in [0.1, 0.15) is 11.2 Å². The first-order valence-electron chi connectivity index (χ1n) is 16.9. The summed E-state index contributed by atoms with van der Waals surface area (Å²) in [6.45, 7) is 4.65. The summed E-state index contributed by atoms with van der Waals surface area (Å²) in [6.07, 6.45) is 0. The summed E-state index contributed by atoms with van der Waals surface area (Å²) in [7, 11) is 0. The van der Waals surface area contributed by atoms with E-state index in [4.69, 9.17) is 9.40 Å². The van der Waals surface area contributed by atoms with Gasteiger partial charge in [-0.2, -0.15) is 0 Å². The molecule has 9 aromatic rings. The minimum Gasteiger partial charge on any atom is -0.456 e. The van der Waals surface area contributed by atoms with E-state index >= 15 is 0 Å². The van der Waals surface area contributed by atoms with Gasteiger partial charge in [-0.3, -0.25) is 0 Å². The van der Waals surface area contributed by atoms with Crippen LogP contribution in [0.2, 0.25) is 0 Å². The molecule has 0 spiro atoms. The van der Waals surface area contributed by atoms with E-state index in [-0.39, 0.29) is 5.41 Å². The Morgan fingerprint density at radius 3 is 1.90 bits per heavy atom. The molecule has 0 N–H and O–H groups in total. The van der Waals surface area contributed by atoms with Crippen molar-refractivity contribution < 1.29 is 4.42 Å². The molecule has 0 fully saturated rings. The molecular weight excluding hydrogens is 597 g/mol. The van der Waals surface area contributed by atoms with E-state index in [1.807, 2.05) is 6.07 Å². The molecule has 0 bridgehead atoms. The fourth-order valence-corrected chi connectivity index (χ4v) is 8.05. The molecule has 0 amide bonds. The highest BCUT2D eigenvalue weighted by Crippen LogP contribution is 2.52. The predicted molar refractivity (Wildman–Crippen MR) is 204 cm³/mol. The van der Waals surface area contributed by atoms with Crippen LogP contribution in [0.5, 0.6) is 0 Å². The van der Waals surface area contributed by atoms with Crippen molar-refractivity contribution in [1.82, 2.24) is 4.98 Å². The monoisotopic (exact) mass is 628 g/mol. The van der Waals surface area contributed by atoms with Crippen molar-refractivity contribution >= 4 is 60.7 Å². The average molecular weight is 629 g/mol. The van der Waals surface area contributed by atoms with Crippen molar-refractivity contribution in [3.63, 3.8) is 0 Å². The Morgan fingerprint density at radius 2 is 1.14 bits per heavy atom. The van der Waals surface area contributed by atoms with E-state index in [1.165, 1.54) is 27.9 Å². The van der Waals surface area contributed by atoms with E-state index in [0.717, 1.165) is 66.3 Å². The zero-order chi connectivity index (χ0) is 32.7. The number of fused-ring (bicyclic) bond motifs is 9. The number of anilines is 3. The Hall–Kier alpha value is -6.19. The molecule has 0 saturated heterocycles. The molecule has 3 nitrogen and oxygen atoms in total. The lowest BCUT2D eigenvalue weighted by atomic mass is 9.73. The van der Waals surface area contributed by atoms with Crippen LogP contribution in [0.3, 0.4) is 0 Å². The van der Waals surface area contributed by atoms with Crippen LogP contribution < -0.4 is 4.90 Å². The number of hydrogen-bond donors (Lipinski definition) is 0. The second-order valence-electron chi connectivity index (χ2n) is 13.6. The quantitative estimate of drug-likeness (QED) is 0.182. The molecular formula is C46H32N2O. The first kappa shape index (κ1) is 27.9. The van der Waals surface area contributed by atoms with Gasteiger partial charge in [-0.05, 0) is 76.9 Å². The van der Waals surface area contributed by atoms with Crippen LogP contribution in [0.25, 0.3) is 66.0 Å². The number of furan rings is 1. The maximum atomic E-state index is 6.38. The van der Waals surface area contributed by atoms with Gasteiger partial charge in [-0.25, -0.2) is 4.98 Å². The van der Waals surface area contributed by atoms with E-state index in [0.29, 0.717) is 0 Å². The molecule has 3 heterocycles. The molecule has 0 unspecified atom stereocenters. The second kappa shape index (κ2) is 10.4. The normalized spacial score (nSPS) is 13.6. The molecule has 1 aliphatic rings. The van der Waals surface area contributed by atoms with E-state index in [1.54, 1.807) is 0 Å². The Bertz CT molecular complexity index is 2690. The molecule has 1 aliphatic heterocycles. The molecule has 2 aromatic heterocycles. The van der Waals surface area contributed by atoms with Crippen LogP contribution in [-0.4, -0.2) is 4.98 Å². The zero-order valence-corrected chi connectivity index (χ0v) is 27.3. The molecule has 0 saturated carbocycles. The van der Waals surface area contributed by atoms with Crippen molar-refractivity contribution in [2.75, 3.05) is 4.90 Å². The van der Waals surface area contributed by atoms with Crippen LogP contribution in [0.4, 0.5) is 17.1 Å². The molecule has 49 heavy (non-hydrogen) atoms. The minimum absolute atomic E-state index is 0.0857. The highest BCUT2D eigenvalue weighted by Gasteiger charge is 2.36. The fraction of sp³-hybridized carbons (Fsp3) is 0.0652. The Labute approximate surface area is 284 Å².